The van der Waals surface area contributed by atoms with Crippen LogP contribution in [-0.2, 0) is 14.8 Å². The molecule has 0 unspecified atom stereocenters. The lowest BCUT2D eigenvalue weighted by Gasteiger charge is -2.13. The molecule has 0 radical (unpaired) electrons. The lowest BCUT2D eigenvalue weighted by atomic mass is 10.3. The largest absolute Gasteiger partial charge is 0.490 e. The van der Waals surface area contributed by atoms with Gasteiger partial charge in [0.1, 0.15) is 0 Å². The summed E-state index contributed by atoms with van der Waals surface area (Å²) in [6.07, 6.45) is -0.001000. The molecule has 0 fully saturated rings. The van der Waals surface area contributed by atoms with E-state index in [0.717, 1.165) is 4.31 Å². The first kappa shape index (κ1) is 18.9. The zero-order valence-electron chi connectivity index (χ0n) is 13.9. The second-order valence-corrected chi connectivity index (χ2v) is 7.54. The van der Waals surface area contributed by atoms with Crippen molar-refractivity contribution in [3.63, 3.8) is 0 Å². The third-order valence-corrected chi connectivity index (χ3v) is 5.13. The Balaban J connectivity index is 1.94. The van der Waals surface area contributed by atoms with Crippen molar-refractivity contribution in [1.29, 1.82) is 0 Å². The van der Waals surface area contributed by atoms with E-state index in [1.807, 2.05) is 0 Å². The molecule has 0 aliphatic carbocycles. The van der Waals surface area contributed by atoms with E-state index in [1.165, 1.54) is 38.4 Å². The number of amides is 1. The summed E-state index contributed by atoms with van der Waals surface area (Å²) in [5.41, 5.74) is 0.360. The number of carbonyl (C=O) groups is 1. The molecule has 2 rings (SSSR count). The fraction of sp³-hybridized carbons (Fsp3) is 0.235. The van der Waals surface area contributed by atoms with Crippen LogP contribution >= 0.6 is 0 Å². The fourth-order valence-corrected chi connectivity index (χ4v) is 2.93. The van der Waals surface area contributed by atoms with Crippen LogP contribution in [0.4, 0.5) is 10.1 Å². The Bertz CT molecular complexity index is 853. The van der Waals surface area contributed by atoms with E-state index in [9.17, 15) is 17.6 Å². The Morgan fingerprint density at radius 1 is 1.16 bits per heavy atom. The SMILES string of the molecule is CN(C)S(=O)(=O)c1cccc(NC(=O)CCOc2ccccc2F)c1. The Kier molecular flexibility index (Phi) is 6.11. The molecule has 2 aromatic rings. The highest BCUT2D eigenvalue weighted by Crippen LogP contribution is 2.18. The van der Waals surface area contributed by atoms with Crippen molar-refractivity contribution in [2.45, 2.75) is 11.3 Å². The van der Waals surface area contributed by atoms with Gasteiger partial charge in [0.15, 0.2) is 11.6 Å². The lowest BCUT2D eigenvalue weighted by molar-refractivity contribution is -0.116. The number of hydrogen-bond acceptors (Lipinski definition) is 4. The Labute approximate surface area is 146 Å². The van der Waals surface area contributed by atoms with Crippen LogP contribution in [0.15, 0.2) is 53.4 Å². The minimum absolute atomic E-state index is 0.001000. The average Bonchev–Trinajstić information content (AvgIpc) is 2.56. The summed E-state index contributed by atoms with van der Waals surface area (Å²) < 4.78 is 43.9. The highest BCUT2D eigenvalue weighted by Gasteiger charge is 2.17. The monoisotopic (exact) mass is 366 g/mol. The predicted molar refractivity (Wildman–Crippen MR) is 92.5 cm³/mol. The number of ether oxygens (including phenoxy) is 1. The summed E-state index contributed by atoms with van der Waals surface area (Å²) in [5, 5.41) is 2.60. The third kappa shape index (κ3) is 5.01. The van der Waals surface area contributed by atoms with Gasteiger partial charge in [0.2, 0.25) is 15.9 Å². The molecule has 0 spiro atoms. The molecular weight excluding hydrogens is 347 g/mol. The van der Waals surface area contributed by atoms with E-state index in [1.54, 1.807) is 24.3 Å². The van der Waals surface area contributed by atoms with Gasteiger partial charge in [-0.25, -0.2) is 17.1 Å². The topological polar surface area (TPSA) is 75.7 Å². The predicted octanol–water partition coefficient (Wildman–Crippen LogP) is 2.48. The Hall–Kier alpha value is -2.45. The molecular formula is C17H19FN2O4S. The Morgan fingerprint density at radius 2 is 1.88 bits per heavy atom. The number of anilines is 1. The lowest BCUT2D eigenvalue weighted by Crippen LogP contribution is -2.22. The van der Waals surface area contributed by atoms with E-state index in [-0.39, 0.29) is 29.6 Å². The molecule has 2 aromatic carbocycles. The highest BCUT2D eigenvalue weighted by atomic mass is 32.2. The molecule has 0 aliphatic heterocycles. The maximum absolute atomic E-state index is 13.4. The van der Waals surface area contributed by atoms with E-state index in [0.29, 0.717) is 5.69 Å². The molecule has 25 heavy (non-hydrogen) atoms. The van der Waals surface area contributed by atoms with Crippen molar-refractivity contribution in [3.8, 4) is 5.75 Å². The van der Waals surface area contributed by atoms with Gasteiger partial charge in [0.05, 0.1) is 17.9 Å². The van der Waals surface area contributed by atoms with Crippen LogP contribution in [0.1, 0.15) is 6.42 Å². The number of nitrogens with one attached hydrogen (secondary N) is 1. The zero-order chi connectivity index (χ0) is 18.4. The van der Waals surface area contributed by atoms with Crippen LogP contribution in [0.3, 0.4) is 0 Å². The number of carbonyl (C=O) groups excluding carboxylic acids is 1. The molecule has 8 heteroatoms. The summed E-state index contributed by atoms with van der Waals surface area (Å²) >= 11 is 0. The van der Waals surface area contributed by atoms with Crippen molar-refractivity contribution in [2.75, 3.05) is 26.0 Å². The van der Waals surface area contributed by atoms with E-state index < -0.39 is 15.8 Å². The molecule has 0 saturated heterocycles. The summed E-state index contributed by atoms with van der Waals surface area (Å²) in [6, 6.07) is 11.9. The van der Waals surface area contributed by atoms with Crippen molar-refractivity contribution in [2.24, 2.45) is 0 Å². The van der Waals surface area contributed by atoms with Gasteiger partial charge >= 0.3 is 0 Å². The normalized spacial score (nSPS) is 11.4. The number of hydrogen-bond donors (Lipinski definition) is 1. The average molecular weight is 366 g/mol. The molecule has 0 aliphatic rings. The molecule has 0 aromatic heterocycles. The molecule has 0 heterocycles. The summed E-state index contributed by atoms with van der Waals surface area (Å²) in [6.45, 7) is 0.00243. The van der Waals surface area contributed by atoms with Gasteiger partial charge in [-0.1, -0.05) is 18.2 Å². The minimum atomic E-state index is -3.58. The Morgan fingerprint density at radius 3 is 2.56 bits per heavy atom. The van der Waals surface area contributed by atoms with Crippen LogP contribution < -0.4 is 10.1 Å². The fourth-order valence-electron chi connectivity index (χ4n) is 1.98. The number of nitrogens with zero attached hydrogens (tertiary/aromatic N) is 1. The maximum Gasteiger partial charge on any atom is 0.242 e. The standard InChI is InChI=1S/C17H19FN2O4S/c1-20(2)25(22,23)14-7-5-6-13(12-14)19-17(21)10-11-24-16-9-4-3-8-15(16)18/h3-9,12H,10-11H2,1-2H3,(H,19,21). The summed E-state index contributed by atoms with van der Waals surface area (Å²) in [5.74, 6) is -0.783. The molecule has 0 saturated carbocycles. The van der Waals surface area contributed by atoms with Gasteiger partial charge < -0.3 is 10.1 Å². The first-order chi connectivity index (χ1) is 11.8. The van der Waals surface area contributed by atoms with Crippen molar-refractivity contribution >= 4 is 21.6 Å². The first-order valence-electron chi connectivity index (χ1n) is 7.50. The number of halogens is 1. The molecule has 1 amide bonds. The molecule has 0 bridgehead atoms. The minimum Gasteiger partial charge on any atom is -0.490 e. The number of rotatable bonds is 7. The zero-order valence-corrected chi connectivity index (χ0v) is 14.7. The molecule has 0 atom stereocenters. The van der Waals surface area contributed by atoms with Gasteiger partial charge in [-0.05, 0) is 30.3 Å². The van der Waals surface area contributed by atoms with E-state index >= 15 is 0 Å². The van der Waals surface area contributed by atoms with E-state index in [2.05, 4.69) is 5.32 Å². The van der Waals surface area contributed by atoms with Gasteiger partial charge in [0, 0.05) is 19.8 Å². The summed E-state index contributed by atoms with van der Waals surface area (Å²) in [7, 11) is -0.715. The highest BCUT2D eigenvalue weighted by molar-refractivity contribution is 7.89. The van der Waals surface area contributed by atoms with Gasteiger partial charge in [0.25, 0.3) is 0 Å². The van der Waals surface area contributed by atoms with Crippen LogP contribution in [0.25, 0.3) is 0 Å². The first-order valence-corrected chi connectivity index (χ1v) is 8.94. The van der Waals surface area contributed by atoms with Crippen molar-refractivity contribution in [3.05, 3.63) is 54.3 Å². The second-order valence-electron chi connectivity index (χ2n) is 5.39. The van der Waals surface area contributed by atoms with Crippen molar-refractivity contribution in [1.82, 2.24) is 4.31 Å². The molecule has 134 valence electrons. The van der Waals surface area contributed by atoms with Crippen LogP contribution in [0.5, 0.6) is 5.75 Å². The van der Waals surface area contributed by atoms with Crippen molar-refractivity contribution < 1.29 is 22.3 Å². The number of benzene rings is 2. The summed E-state index contributed by atoms with van der Waals surface area (Å²) in [4.78, 5) is 12.0. The van der Waals surface area contributed by atoms with Gasteiger partial charge in [-0.3, -0.25) is 4.79 Å². The third-order valence-electron chi connectivity index (χ3n) is 3.32. The van der Waals surface area contributed by atoms with Crippen LogP contribution in [0.2, 0.25) is 0 Å². The maximum atomic E-state index is 13.4. The smallest absolute Gasteiger partial charge is 0.242 e. The second kappa shape index (κ2) is 8.09. The van der Waals surface area contributed by atoms with E-state index in [4.69, 9.17) is 4.74 Å². The number of para-hydroxylation sites is 1. The molecule has 1 N–H and O–H groups in total. The van der Waals surface area contributed by atoms with Crippen LogP contribution in [-0.4, -0.2) is 39.3 Å². The van der Waals surface area contributed by atoms with Gasteiger partial charge in [-0.15, -0.1) is 0 Å². The van der Waals surface area contributed by atoms with Gasteiger partial charge in [-0.2, -0.15) is 0 Å². The molecule has 6 nitrogen and oxygen atoms in total. The number of sulfonamides is 1. The van der Waals surface area contributed by atoms with Crippen LogP contribution in [0, 0.1) is 5.82 Å². The quantitative estimate of drug-likeness (QED) is 0.817.